The van der Waals surface area contributed by atoms with E-state index in [1.165, 1.54) is 0 Å². The van der Waals surface area contributed by atoms with Crippen LogP contribution in [0.4, 0.5) is 0 Å². The van der Waals surface area contributed by atoms with E-state index < -0.39 is 0 Å². The van der Waals surface area contributed by atoms with Crippen LogP contribution in [-0.2, 0) is 6.42 Å². The number of fused-ring (bicyclic) bond motifs is 1. The standard InChI is InChI=1S/C15H12O3/c16-12-5-6-14-10(8-12)3-4-11(15(14)17)9-13-2-1-7-18-13/h1-2,5-9,16H,3-4H2/b11-9+. The normalized spacial score (nSPS) is 16.9. The number of ketones is 1. The fourth-order valence-corrected chi connectivity index (χ4v) is 2.25. The van der Waals surface area contributed by atoms with Crippen LogP contribution in [0.25, 0.3) is 6.08 Å². The number of furan rings is 1. The van der Waals surface area contributed by atoms with Gasteiger partial charge < -0.3 is 9.52 Å². The Morgan fingerprint density at radius 1 is 1.22 bits per heavy atom. The van der Waals surface area contributed by atoms with Crippen molar-refractivity contribution in [2.75, 3.05) is 0 Å². The van der Waals surface area contributed by atoms with Crippen molar-refractivity contribution in [1.82, 2.24) is 0 Å². The van der Waals surface area contributed by atoms with Crippen LogP contribution in [-0.4, -0.2) is 10.9 Å². The Morgan fingerprint density at radius 3 is 2.89 bits per heavy atom. The minimum Gasteiger partial charge on any atom is -0.508 e. The molecule has 0 saturated carbocycles. The van der Waals surface area contributed by atoms with Crippen LogP contribution in [0.3, 0.4) is 0 Å². The number of aromatic hydroxyl groups is 1. The van der Waals surface area contributed by atoms with Gasteiger partial charge in [-0.25, -0.2) is 0 Å². The van der Waals surface area contributed by atoms with Crippen LogP contribution in [0.2, 0.25) is 0 Å². The molecular weight excluding hydrogens is 228 g/mol. The van der Waals surface area contributed by atoms with E-state index in [0.717, 1.165) is 17.6 Å². The minimum atomic E-state index is 0.0210. The predicted molar refractivity (Wildman–Crippen MR) is 67.4 cm³/mol. The molecule has 0 unspecified atom stereocenters. The molecule has 90 valence electrons. The highest BCUT2D eigenvalue weighted by molar-refractivity contribution is 6.13. The first-order chi connectivity index (χ1) is 8.74. The zero-order valence-electron chi connectivity index (χ0n) is 9.72. The number of carbonyl (C=O) groups is 1. The van der Waals surface area contributed by atoms with Crippen LogP contribution in [0.15, 0.2) is 46.6 Å². The Bertz CT molecular complexity index is 621. The highest BCUT2D eigenvalue weighted by Gasteiger charge is 2.22. The van der Waals surface area contributed by atoms with Crippen LogP contribution in [0.1, 0.15) is 28.1 Å². The van der Waals surface area contributed by atoms with E-state index in [9.17, 15) is 9.90 Å². The summed E-state index contributed by atoms with van der Waals surface area (Å²) in [5, 5.41) is 9.41. The lowest BCUT2D eigenvalue weighted by Crippen LogP contribution is -2.13. The van der Waals surface area contributed by atoms with Gasteiger partial charge in [0.1, 0.15) is 11.5 Å². The van der Waals surface area contributed by atoms with Gasteiger partial charge in [-0.15, -0.1) is 0 Å². The number of carbonyl (C=O) groups excluding carboxylic acids is 1. The number of rotatable bonds is 1. The summed E-state index contributed by atoms with van der Waals surface area (Å²) in [6, 6.07) is 8.52. The fraction of sp³-hybridized carbons (Fsp3) is 0.133. The molecule has 3 rings (SSSR count). The SMILES string of the molecule is O=C1/C(=C/c2ccco2)CCc2cc(O)ccc21. The summed E-state index contributed by atoms with van der Waals surface area (Å²) in [6.45, 7) is 0. The summed E-state index contributed by atoms with van der Waals surface area (Å²) in [4.78, 5) is 12.3. The first-order valence-corrected chi connectivity index (χ1v) is 5.85. The fourth-order valence-electron chi connectivity index (χ4n) is 2.25. The van der Waals surface area contributed by atoms with E-state index in [2.05, 4.69) is 0 Å². The number of phenols is 1. The topological polar surface area (TPSA) is 50.4 Å². The van der Waals surface area contributed by atoms with E-state index in [1.807, 2.05) is 6.07 Å². The maximum atomic E-state index is 12.3. The zero-order chi connectivity index (χ0) is 12.5. The first-order valence-electron chi connectivity index (χ1n) is 5.85. The van der Waals surface area contributed by atoms with Gasteiger partial charge in [0.05, 0.1) is 6.26 Å². The second kappa shape index (κ2) is 4.18. The molecule has 1 N–H and O–H groups in total. The van der Waals surface area contributed by atoms with E-state index in [1.54, 1.807) is 36.6 Å². The summed E-state index contributed by atoms with van der Waals surface area (Å²) in [5.74, 6) is 0.924. The van der Waals surface area contributed by atoms with E-state index >= 15 is 0 Å². The molecule has 0 bridgehead atoms. The van der Waals surface area contributed by atoms with Crippen LogP contribution in [0, 0.1) is 0 Å². The highest BCUT2D eigenvalue weighted by atomic mass is 16.3. The molecule has 3 heteroatoms. The van der Waals surface area contributed by atoms with Gasteiger partial charge in [0.15, 0.2) is 5.78 Å². The van der Waals surface area contributed by atoms with Gasteiger partial charge in [-0.3, -0.25) is 4.79 Å². The van der Waals surface area contributed by atoms with Crippen LogP contribution < -0.4 is 0 Å². The molecule has 2 aromatic rings. The maximum Gasteiger partial charge on any atom is 0.189 e. The smallest absolute Gasteiger partial charge is 0.189 e. The van der Waals surface area contributed by atoms with Gasteiger partial charge in [0, 0.05) is 11.1 Å². The molecule has 1 aromatic heterocycles. The molecule has 1 aromatic carbocycles. The zero-order valence-corrected chi connectivity index (χ0v) is 9.72. The van der Waals surface area contributed by atoms with Gasteiger partial charge >= 0.3 is 0 Å². The van der Waals surface area contributed by atoms with Gasteiger partial charge in [-0.1, -0.05) is 0 Å². The average Bonchev–Trinajstić information content (AvgIpc) is 2.85. The predicted octanol–water partition coefficient (Wildman–Crippen LogP) is 3.20. The van der Waals surface area contributed by atoms with E-state index in [-0.39, 0.29) is 11.5 Å². The van der Waals surface area contributed by atoms with Crippen molar-refractivity contribution >= 4 is 11.9 Å². The maximum absolute atomic E-state index is 12.3. The molecule has 18 heavy (non-hydrogen) atoms. The van der Waals surface area contributed by atoms with Crippen LogP contribution in [0.5, 0.6) is 5.75 Å². The summed E-state index contributed by atoms with van der Waals surface area (Å²) in [5.41, 5.74) is 2.34. The first kappa shape index (κ1) is 10.8. The molecule has 0 saturated heterocycles. The van der Waals surface area contributed by atoms with Crippen molar-refractivity contribution in [1.29, 1.82) is 0 Å². The molecule has 0 aliphatic heterocycles. The Morgan fingerprint density at radius 2 is 2.11 bits per heavy atom. The van der Waals surface area contributed by atoms with Crippen molar-refractivity contribution in [2.24, 2.45) is 0 Å². The Hall–Kier alpha value is -2.29. The lowest BCUT2D eigenvalue weighted by molar-refractivity contribution is 0.102. The molecule has 0 atom stereocenters. The molecule has 0 amide bonds. The second-order valence-electron chi connectivity index (χ2n) is 4.36. The third kappa shape index (κ3) is 1.84. The summed E-state index contributed by atoms with van der Waals surface area (Å²) in [6.07, 6.45) is 4.82. The Balaban J connectivity index is 1.99. The number of phenolic OH excluding ortho intramolecular Hbond substituents is 1. The molecule has 1 aliphatic carbocycles. The van der Waals surface area contributed by atoms with Crippen molar-refractivity contribution in [3.05, 3.63) is 59.1 Å². The second-order valence-corrected chi connectivity index (χ2v) is 4.36. The molecule has 0 fully saturated rings. The molecular formula is C15H12O3. The summed E-state index contributed by atoms with van der Waals surface area (Å²) < 4.78 is 5.22. The molecule has 0 radical (unpaired) electrons. The minimum absolute atomic E-state index is 0.0210. The summed E-state index contributed by atoms with van der Waals surface area (Å²) in [7, 11) is 0. The van der Waals surface area contributed by atoms with Crippen molar-refractivity contribution in [3.8, 4) is 5.75 Å². The van der Waals surface area contributed by atoms with E-state index in [4.69, 9.17) is 4.42 Å². The largest absolute Gasteiger partial charge is 0.508 e. The van der Waals surface area contributed by atoms with Gasteiger partial charge in [0.2, 0.25) is 0 Å². The monoisotopic (exact) mass is 240 g/mol. The summed E-state index contributed by atoms with van der Waals surface area (Å²) >= 11 is 0. The van der Waals surface area contributed by atoms with Gasteiger partial charge in [-0.05, 0) is 54.8 Å². The number of allylic oxidation sites excluding steroid dienone is 1. The lowest BCUT2D eigenvalue weighted by atomic mass is 9.86. The van der Waals surface area contributed by atoms with Crippen molar-refractivity contribution in [3.63, 3.8) is 0 Å². The Kier molecular flexibility index (Phi) is 2.52. The van der Waals surface area contributed by atoms with Gasteiger partial charge in [-0.2, -0.15) is 0 Å². The lowest BCUT2D eigenvalue weighted by Gasteiger charge is -2.17. The van der Waals surface area contributed by atoms with Crippen molar-refractivity contribution in [2.45, 2.75) is 12.8 Å². The van der Waals surface area contributed by atoms with E-state index in [0.29, 0.717) is 17.7 Å². The molecule has 1 heterocycles. The third-order valence-electron chi connectivity index (χ3n) is 3.15. The highest BCUT2D eigenvalue weighted by Crippen LogP contribution is 2.29. The molecule has 3 nitrogen and oxygen atoms in total. The number of Topliss-reactive ketones (excluding diaryl/α,β-unsaturated/α-hetero) is 1. The average molecular weight is 240 g/mol. The number of benzene rings is 1. The quantitative estimate of drug-likeness (QED) is 0.779. The van der Waals surface area contributed by atoms with Crippen LogP contribution >= 0.6 is 0 Å². The third-order valence-corrected chi connectivity index (χ3v) is 3.15. The van der Waals surface area contributed by atoms with Gasteiger partial charge in [0.25, 0.3) is 0 Å². The Labute approximate surface area is 104 Å². The van der Waals surface area contributed by atoms with Crippen molar-refractivity contribution < 1.29 is 14.3 Å². The number of hydrogen-bond acceptors (Lipinski definition) is 3. The number of hydrogen-bond donors (Lipinski definition) is 1. The molecule has 1 aliphatic rings. The molecule has 0 spiro atoms. The number of aryl methyl sites for hydroxylation is 1.